The number of fused-ring (bicyclic) bond motifs is 9. The number of benzene rings is 8. The van der Waals surface area contributed by atoms with Crippen LogP contribution in [0.4, 0.5) is 0 Å². The van der Waals surface area contributed by atoms with Gasteiger partial charge < -0.3 is 13.4 Å². The summed E-state index contributed by atoms with van der Waals surface area (Å²) in [6.45, 7) is 0. The van der Waals surface area contributed by atoms with Crippen LogP contribution in [0.3, 0.4) is 0 Å². The van der Waals surface area contributed by atoms with Crippen LogP contribution in [0.15, 0.2) is 191 Å². The van der Waals surface area contributed by atoms with Gasteiger partial charge >= 0.3 is 0 Å². The topological polar surface area (TPSA) is 69.9 Å². The molecule has 0 N–H and O–H groups in total. The first-order valence-electron chi connectivity index (χ1n) is 19.0. The van der Waals surface area contributed by atoms with Gasteiger partial charge in [0.05, 0.1) is 11.0 Å². The average molecular weight is 731 g/mol. The predicted molar refractivity (Wildman–Crippen MR) is 230 cm³/mol. The highest BCUT2D eigenvalue weighted by atomic mass is 16.3. The number of hydrogen-bond donors (Lipinski definition) is 0. The van der Waals surface area contributed by atoms with Gasteiger partial charge in [-0.25, -0.2) is 15.0 Å². The van der Waals surface area contributed by atoms with Crippen molar-refractivity contribution in [2.75, 3.05) is 0 Å². The van der Waals surface area contributed by atoms with E-state index in [4.69, 9.17) is 23.8 Å². The molecule has 6 heteroatoms. The second kappa shape index (κ2) is 12.3. The van der Waals surface area contributed by atoms with Crippen LogP contribution in [-0.2, 0) is 0 Å². The van der Waals surface area contributed by atoms with Crippen molar-refractivity contribution in [3.05, 3.63) is 182 Å². The van der Waals surface area contributed by atoms with E-state index in [2.05, 4.69) is 132 Å². The predicted octanol–water partition coefficient (Wildman–Crippen LogP) is 13.4. The fourth-order valence-corrected chi connectivity index (χ4v) is 8.42. The minimum absolute atomic E-state index is 0.553. The van der Waals surface area contributed by atoms with Crippen molar-refractivity contribution in [1.82, 2.24) is 19.5 Å². The van der Waals surface area contributed by atoms with Crippen LogP contribution in [0.25, 0.3) is 117 Å². The van der Waals surface area contributed by atoms with Crippen LogP contribution in [-0.4, -0.2) is 19.5 Å². The Kier molecular flexibility index (Phi) is 6.83. The molecule has 8 aromatic carbocycles. The monoisotopic (exact) mass is 730 g/mol. The van der Waals surface area contributed by atoms with Crippen molar-refractivity contribution in [3.63, 3.8) is 0 Å². The molecular weight excluding hydrogens is 701 g/mol. The molecule has 12 aromatic rings. The summed E-state index contributed by atoms with van der Waals surface area (Å²) in [5.74, 6) is 1.68. The third-order valence-electron chi connectivity index (χ3n) is 11.1. The zero-order valence-corrected chi connectivity index (χ0v) is 30.4. The van der Waals surface area contributed by atoms with Crippen molar-refractivity contribution in [2.45, 2.75) is 0 Å². The van der Waals surface area contributed by atoms with E-state index in [1.54, 1.807) is 0 Å². The maximum absolute atomic E-state index is 6.32. The van der Waals surface area contributed by atoms with Gasteiger partial charge in [-0.05, 0) is 65.7 Å². The Morgan fingerprint density at radius 1 is 0.333 bits per heavy atom. The Morgan fingerprint density at radius 2 is 0.912 bits per heavy atom. The molecule has 0 fully saturated rings. The molecule has 4 aromatic heterocycles. The zero-order chi connectivity index (χ0) is 37.5. The second-order valence-corrected chi connectivity index (χ2v) is 14.4. The molecule has 0 amide bonds. The molecule has 0 aliphatic rings. The molecule has 0 spiro atoms. The van der Waals surface area contributed by atoms with E-state index < -0.39 is 0 Å². The first kappa shape index (κ1) is 31.5. The lowest BCUT2D eigenvalue weighted by atomic mass is 10.0. The Morgan fingerprint density at radius 3 is 1.77 bits per heavy atom. The number of para-hydroxylation sites is 3. The van der Waals surface area contributed by atoms with Gasteiger partial charge in [0.2, 0.25) is 0 Å². The molecule has 0 radical (unpaired) electrons. The molecular formula is C51H30N4O2. The number of nitrogens with zero attached hydrogens (tertiary/aromatic N) is 4. The molecule has 0 aliphatic carbocycles. The van der Waals surface area contributed by atoms with Gasteiger partial charge in [0.25, 0.3) is 0 Å². The number of rotatable bonds is 5. The van der Waals surface area contributed by atoms with Gasteiger partial charge in [-0.15, -0.1) is 0 Å². The highest BCUT2D eigenvalue weighted by Crippen LogP contribution is 2.39. The highest BCUT2D eigenvalue weighted by Gasteiger charge is 2.20. The standard InChI is InChI=1S/C51H30N4O2/c1-2-12-31(13-3-1)32-24-26-37-36-16-4-7-20-42(36)55(43(37)29-32)35-15-10-14-33(28-35)49-52-50(34-25-27-39-38-17-5-8-21-44(38)57-47(39)30-34)54-51(53-49)41-19-11-23-46-48(41)40-18-6-9-22-45(40)56-46/h1-30H. The first-order chi connectivity index (χ1) is 28.2. The van der Waals surface area contributed by atoms with Crippen molar-refractivity contribution in [3.8, 4) is 51.0 Å². The second-order valence-electron chi connectivity index (χ2n) is 14.4. The lowest BCUT2D eigenvalue weighted by molar-refractivity contribution is 0.668. The van der Waals surface area contributed by atoms with Crippen molar-refractivity contribution in [1.29, 1.82) is 0 Å². The number of aromatic nitrogens is 4. The third-order valence-corrected chi connectivity index (χ3v) is 11.1. The summed E-state index contributed by atoms with van der Waals surface area (Å²) < 4.78 is 15.0. The molecule has 0 unspecified atom stereocenters. The minimum Gasteiger partial charge on any atom is -0.456 e. The molecule has 0 aliphatic heterocycles. The smallest absolute Gasteiger partial charge is 0.164 e. The molecule has 4 heterocycles. The van der Waals surface area contributed by atoms with Crippen LogP contribution in [0.5, 0.6) is 0 Å². The lowest BCUT2D eigenvalue weighted by Gasteiger charge is -2.12. The summed E-state index contributed by atoms with van der Waals surface area (Å²) in [6.07, 6.45) is 0. The van der Waals surface area contributed by atoms with Crippen LogP contribution in [0.2, 0.25) is 0 Å². The fourth-order valence-electron chi connectivity index (χ4n) is 8.42. The average Bonchev–Trinajstić information content (AvgIpc) is 3.95. The van der Waals surface area contributed by atoms with Crippen molar-refractivity contribution >= 4 is 65.7 Å². The maximum atomic E-state index is 6.32. The van der Waals surface area contributed by atoms with Crippen LogP contribution in [0, 0.1) is 0 Å². The molecule has 57 heavy (non-hydrogen) atoms. The maximum Gasteiger partial charge on any atom is 0.164 e. The van der Waals surface area contributed by atoms with Crippen LogP contribution < -0.4 is 0 Å². The summed E-state index contributed by atoms with van der Waals surface area (Å²) in [5, 5.41) is 6.50. The zero-order valence-electron chi connectivity index (χ0n) is 30.4. The van der Waals surface area contributed by atoms with Gasteiger partial charge in [0, 0.05) is 54.7 Å². The molecule has 0 saturated carbocycles. The SMILES string of the molecule is c1ccc(-c2ccc3c4ccccc4n(-c4cccc(-c5nc(-c6ccc7c(c6)oc6ccccc67)nc(-c6cccc7oc8ccccc8c67)n5)c4)c3c2)cc1. The molecule has 0 bridgehead atoms. The fraction of sp³-hybridized carbons (Fsp3) is 0. The quantitative estimate of drug-likeness (QED) is 0.176. The number of hydrogen-bond acceptors (Lipinski definition) is 5. The largest absolute Gasteiger partial charge is 0.456 e. The normalized spacial score (nSPS) is 11.9. The Bertz CT molecular complexity index is 3540. The third kappa shape index (κ3) is 5.01. The summed E-state index contributed by atoms with van der Waals surface area (Å²) in [6, 6.07) is 62.8. The van der Waals surface area contributed by atoms with E-state index in [1.807, 2.05) is 54.6 Å². The first-order valence-corrected chi connectivity index (χ1v) is 19.0. The summed E-state index contributed by atoms with van der Waals surface area (Å²) in [4.78, 5) is 15.6. The van der Waals surface area contributed by atoms with Crippen LogP contribution >= 0.6 is 0 Å². The van der Waals surface area contributed by atoms with E-state index in [0.29, 0.717) is 17.5 Å². The summed E-state index contributed by atoms with van der Waals surface area (Å²) >= 11 is 0. The van der Waals surface area contributed by atoms with Gasteiger partial charge in [-0.1, -0.05) is 127 Å². The number of furan rings is 2. The lowest BCUT2D eigenvalue weighted by Crippen LogP contribution is -2.01. The van der Waals surface area contributed by atoms with E-state index in [1.165, 1.54) is 16.3 Å². The molecule has 12 rings (SSSR count). The van der Waals surface area contributed by atoms with E-state index in [0.717, 1.165) is 82.9 Å². The van der Waals surface area contributed by atoms with Gasteiger partial charge in [0.15, 0.2) is 17.5 Å². The molecule has 0 atom stereocenters. The van der Waals surface area contributed by atoms with Crippen LogP contribution in [0.1, 0.15) is 0 Å². The minimum atomic E-state index is 0.553. The van der Waals surface area contributed by atoms with E-state index in [-0.39, 0.29) is 0 Å². The van der Waals surface area contributed by atoms with E-state index in [9.17, 15) is 0 Å². The molecule has 0 saturated heterocycles. The van der Waals surface area contributed by atoms with Gasteiger partial charge in [0.1, 0.15) is 22.3 Å². The molecule has 6 nitrogen and oxygen atoms in total. The Balaban J connectivity index is 1.08. The summed E-state index contributed by atoms with van der Waals surface area (Å²) in [7, 11) is 0. The van der Waals surface area contributed by atoms with Crippen molar-refractivity contribution in [2.24, 2.45) is 0 Å². The Labute approximate surface area is 325 Å². The van der Waals surface area contributed by atoms with Gasteiger partial charge in [-0.2, -0.15) is 0 Å². The highest BCUT2D eigenvalue weighted by molar-refractivity contribution is 6.12. The van der Waals surface area contributed by atoms with E-state index >= 15 is 0 Å². The Hall–Kier alpha value is -7.83. The molecule has 266 valence electrons. The van der Waals surface area contributed by atoms with Gasteiger partial charge in [-0.3, -0.25) is 0 Å². The summed E-state index contributed by atoms with van der Waals surface area (Å²) in [5.41, 5.74) is 11.4. The van der Waals surface area contributed by atoms with Crippen molar-refractivity contribution < 1.29 is 8.83 Å².